The minimum atomic E-state index is -3.45. The van der Waals surface area contributed by atoms with E-state index in [0.29, 0.717) is 23.7 Å². The molecule has 2 saturated heterocycles. The summed E-state index contributed by atoms with van der Waals surface area (Å²) in [6.07, 6.45) is 4.78. The molecule has 4 rings (SSSR count). The minimum absolute atomic E-state index is 0.00567. The number of piperidine rings is 2. The maximum Gasteiger partial charge on any atom is 0.243 e. The van der Waals surface area contributed by atoms with Crippen molar-refractivity contribution in [3.05, 3.63) is 59.7 Å². The number of benzene rings is 2. The van der Waals surface area contributed by atoms with Crippen LogP contribution in [0.25, 0.3) is 0 Å². The van der Waals surface area contributed by atoms with Crippen LogP contribution in [-0.2, 0) is 21.4 Å². The predicted octanol–water partition coefficient (Wildman–Crippen LogP) is 4.02. The van der Waals surface area contributed by atoms with Crippen LogP contribution in [0.5, 0.6) is 0 Å². The number of rotatable bonds is 6. The number of likely N-dealkylation sites (tertiary alicyclic amines) is 1. The molecule has 0 bridgehead atoms. The lowest BCUT2D eigenvalue weighted by Crippen LogP contribution is -2.40. The van der Waals surface area contributed by atoms with Crippen LogP contribution in [0.3, 0.4) is 0 Å². The maximum atomic E-state index is 12.9. The Hall–Kier alpha value is -2.22. The van der Waals surface area contributed by atoms with Gasteiger partial charge in [0.05, 0.1) is 10.8 Å². The third-order valence-electron chi connectivity index (χ3n) is 6.61. The maximum absolute atomic E-state index is 12.9. The molecule has 1 amide bonds. The van der Waals surface area contributed by atoms with Crippen molar-refractivity contribution in [1.29, 1.82) is 0 Å². The van der Waals surface area contributed by atoms with Crippen LogP contribution in [0.4, 0.5) is 5.69 Å². The van der Waals surface area contributed by atoms with Crippen molar-refractivity contribution < 1.29 is 13.2 Å². The molecule has 6 nitrogen and oxygen atoms in total. The van der Waals surface area contributed by atoms with Crippen LogP contribution >= 0.6 is 0 Å². The van der Waals surface area contributed by atoms with Gasteiger partial charge in [0.1, 0.15) is 0 Å². The van der Waals surface area contributed by atoms with E-state index in [4.69, 9.17) is 0 Å². The van der Waals surface area contributed by atoms with E-state index < -0.39 is 10.0 Å². The molecule has 1 N–H and O–H groups in total. The molecule has 0 spiro atoms. The van der Waals surface area contributed by atoms with Crippen LogP contribution in [0.2, 0.25) is 0 Å². The summed E-state index contributed by atoms with van der Waals surface area (Å²) in [6.45, 7) is 5.89. The quantitative estimate of drug-likeness (QED) is 0.714. The first kappa shape index (κ1) is 23.0. The number of hydrogen-bond acceptors (Lipinski definition) is 4. The largest absolute Gasteiger partial charge is 0.326 e. The molecular weight excluding hydrogens is 422 g/mol. The van der Waals surface area contributed by atoms with Gasteiger partial charge in [0, 0.05) is 31.9 Å². The van der Waals surface area contributed by atoms with Crippen LogP contribution in [0.1, 0.15) is 43.2 Å². The Labute approximate surface area is 191 Å². The van der Waals surface area contributed by atoms with Gasteiger partial charge in [-0.2, -0.15) is 4.31 Å². The second kappa shape index (κ2) is 10.1. The van der Waals surface area contributed by atoms with Gasteiger partial charge in [-0.25, -0.2) is 8.42 Å². The molecule has 2 fully saturated rings. The summed E-state index contributed by atoms with van der Waals surface area (Å²) in [5.74, 6) is -0.0596. The molecule has 0 aromatic heterocycles. The lowest BCUT2D eigenvalue weighted by atomic mass is 9.96. The molecule has 2 aromatic rings. The number of nitrogens with zero attached hydrogens (tertiary/aromatic N) is 2. The third kappa shape index (κ3) is 5.39. The molecule has 2 aliphatic rings. The van der Waals surface area contributed by atoms with Gasteiger partial charge < -0.3 is 5.32 Å². The van der Waals surface area contributed by atoms with Crippen LogP contribution in [-0.4, -0.2) is 49.7 Å². The smallest absolute Gasteiger partial charge is 0.243 e. The van der Waals surface area contributed by atoms with Gasteiger partial charge in [-0.15, -0.1) is 0 Å². The van der Waals surface area contributed by atoms with E-state index in [2.05, 4.69) is 35.3 Å². The zero-order valence-electron chi connectivity index (χ0n) is 18.8. The van der Waals surface area contributed by atoms with Crippen LogP contribution < -0.4 is 5.32 Å². The summed E-state index contributed by atoms with van der Waals surface area (Å²) in [5, 5.41) is 2.99. The third-order valence-corrected chi connectivity index (χ3v) is 8.52. The molecular formula is C25H33N3O3S. The Morgan fingerprint density at radius 1 is 0.969 bits per heavy atom. The van der Waals surface area contributed by atoms with E-state index in [1.165, 1.54) is 11.1 Å². The van der Waals surface area contributed by atoms with Crippen molar-refractivity contribution in [2.75, 3.05) is 31.5 Å². The number of hydrogen-bond donors (Lipinski definition) is 1. The van der Waals surface area contributed by atoms with E-state index in [9.17, 15) is 13.2 Å². The molecule has 7 heteroatoms. The Balaban J connectivity index is 1.35. The fraction of sp³-hybridized carbons (Fsp3) is 0.480. The van der Waals surface area contributed by atoms with Gasteiger partial charge in [0.2, 0.25) is 15.9 Å². The number of carbonyl (C=O) groups is 1. The SMILES string of the molecule is Cc1ccccc1CN1CCCC(C(=O)Nc2ccc(S(=O)(=O)N3CCCCC3)cc2)C1. The average Bonchev–Trinajstić information content (AvgIpc) is 2.82. The van der Waals surface area contributed by atoms with Crippen LogP contribution in [0, 0.1) is 12.8 Å². The predicted molar refractivity (Wildman–Crippen MR) is 127 cm³/mol. The summed E-state index contributed by atoms with van der Waals surface area (Å²) in [4.78, 5) is 15.5. The topological polar surface area (TPSA) is 69.7 Å². The molecule has 1 unspecified atom stereocenters. The summed E-state index contributed by atoms with van der Waals surface area (Å²) in [6, 6.07) is 15.0. The van der Waals surface area contributed by atoms with E-state index in [1.54, 1.807) is 28.6 Å². The molecule has 0 aliphatic carbocycles. The van der Waals surface area contributed by atoms with E-state index >= 15 is 0 Å². The number of aryl methyl sites for hydroxylation is 1. The van der Waals surface area contributed by atoms with Gasteiger partial charge in [-0.3, -0.25) is 9.69 Å². The van der Waals surface area contributed by atoms with E-state index in [-0.39, 0.29) is 11.8 Å². The second-order valence-electron chi connectivity index (χ2n) is 8.98. The molecule has 0 saturated carbocycles. The normalized spacial score (nSPS) is 20.7. The van der Waals surface area contributed by atoms with Gasteiger partial charge >= 0.3 is 0 Å². The molecule has 2 aromatic carbocycles. The summed E-state index contributed by atoms with van der Waals surface area (Å²) in [7, 11) is -3.45. The van der Waals surface area contributed by atoms with Gasteiger partial charge in [-0.05, 0) is 74.5 Å². The molecule has 0 radical (unpaired) electrons. The highest BCUT2D eigenvalue weighted by Gasteiger charge is 2.27. The lowest BCUT2D eigenvalue weighted by molar-refractivity contribution is -0.121. The highest BCUT2D eigenvalue weighted by atomic mass is 32.2. The fourth-order valence-corrected chi connectivity index (χ4v) is 6.17. The standard InChI is InChI=1S/C25H33N3O3S/c1-20-8-3-4-9-21(20)18-27-15-7-10-22(19-27)25(29)26-23-11-13-24(14-12-23)32(30,31)28-16-5-2-6-17-28/h3-4,8-9,11-14,22H,2,5-7,10,15-19H2,1H3,(H,26,29). The summed E-state index contributed by atoms with van der Waals surface area (Å²) in [5.41, 5.74) is 3.22. The number of carbonyl (C=O) groups excluding carboxylic acids is 1. The Kier molecular flexibility index (Phi) is 7.28. The van der Waals surface area contributed by atoms with Crippen LogP contribution in [0.15, 0.2) is 53.4 Å². The number of anilines is 1. The first-order valence-electron chi connectivity index (χ1n) is 11.6. The number of sulfonamides is 1. The van der Waals surface area contributed by atoms with E-state index in [1.807, 2.05) is 6.07 Å². The average molecular weight is 456 g/mol. The highest BCUT2D eigenvalue weighted by Crippen LogP contribution is 2.24. The van der Waals surface area contributed by atoms with Crippen molar-refractivity contribution in [3.63, 3.8) is 0 Å². The van der Waals surface area contributed by atoms with Gasteiger partial charge in [0.15, 0.2) is 0 Å². The van der Waals surface area contributed by atoms with Crippen molar-refractivity contribution in [1.82, 2.24) is 9.21 Å². The first-order chi connectivity index (χ1) is 15.4. The Bertz CT molecular complexity index is 1030. The molecule has 172 valence electrons. The zero-order chi connectivity index (χ0) is 22.6. The highest BCUT2D eigenvalue weighted by molar-refractivity contribution is 7.89. The van der Waals surface area contributed by atoms with Crippen molar-refractivity contribution in [3.8, 4) is 0 Å². The lowest BCUT2D eigenvalue weighted by Gasteiger charge is -2.32. The van der Waals surface area contributed by atoms with Gasteiger partial charge in [-0.1, -0.05) is 30.7 Å². The molecule has 2 heterocycles. The molecule has 32 heavy (non-hydrogen) atoms. The molecule has 1 atom stereocenters. The van der Waals surface area contributed by atoms with Crippen molar-refractivity contribution in [2.45, 2.75) is 50.5 Å². The van der Waals surface area contributed by atoms with Gasteiger partial charge in [0.25, 0.3) is 0 Å². The first-order valence-corrected chi connectivity index (χ1v) is 13.1. The summed E-state index contributed by atoms with van der Waals surface area (Å²) >= 11 is 0. The molecule has 2 aliphatic heterocycles. The number of amides is 1. The summed E-state index contributed by atoms with van der Waals surface area (Å²) < 4.78 is 27.2. The van der Waals surface area contributed by atoms with E-state index in [0.717, 1.165) is 51.7 Å². The Morgan fingerprint density at radius 2 is 1.69 bits per heavy atom. The minimum Gasteiger partial charge on any atom is -0.326 e. The monoisotopic (exact) mass is 455 g/mol. The zero-order valence-corrected chi connectivity index (χ0v) is 19.6. The number of nitrogens with one attached hydrogen (secondary N) is 1. The Morgan fingerprint density at radius 3 is 2.41 bits per heavy atom. The fourth-order valence-electron chi connectivity index (χ4n) is 4.65. The second-order valence-corrected chi connectivity index (χ2v) is 10.9. The van der Waals surface area contributed by atoms with Crippen molar-refractivity contribution in [2.24, 2.45) is 5.92 Å². The van der Waals surface area contributed by atoms with Crippen molar-refractivity contribution >= 4 is 21.6 Å².